The second-order valence-corrected chi connectivity index (χ2v) is 7.82. The molecule has 0 saturated heterocycles. The van der Waals surface area contributed by atoms with E-state index in [-0.39, 0.29) is 4.90 Å². The third-order valence-corrected chi connectivity index (χ3v) is 5.95. The van der Waals surface area contributed by atoms with Crippen LogP contribution in [0.25, 0.3) is 0 Å². The van der Waals surface area contributed by atoms with Gasteiger partial charge in [-0.05, 0) is 31.9 Å². The molecule has 0 amide bonds. The van der Waals surface area contributed by atoms with E-state index in [0.717, 1.165) is 16.7 Å². The molecule has 0 fully saturated rings. The number of alkyl halides is 1. The molecule has 1 heterocycles. The number of hydrogen-bond donors (Lipinski definition) is 1. The third kappa shape index (κ3) is 3.19. The molecule has 0 aromatic heterocycles. The molecule has 0 aliphatic carbocycles. The molecule has 8 heteroatoms. The Morgan fingerprint density at radius 3 is 2.80 bits per heavy atom. The van der Waals surface area contributed by atoms with Gasteiger partial charge in [0, 0.05) is 10.9 Å². The van der Waals surface area contributed by atoms with Crippen LogP contribution in [0.1, 0.15) is 26.7 Å². The van der Waals surface area contributed by atoms with Crippen molar-refractivity contribution in [3.63, 3.8) is 0 Å². The largest absolute Gasteiger partial charge is 0.243 e. The quantitative estimate of drug-likeness (QED) is 0.780. The van der Waals surface area contributed by atoms with Crippen LogP contribution in [-0.4, -0.2) is 19.3 Å². The van der Waals surface area contributed by atoms with Crippen LogP contribution in [0.2, 0.25) is 0 Å². The fourth-order valence-corrected chi connectivity index (χ4v) is 5.04. The summed E-state index contributed by atoms with van der Waals surface area (Å²) in [6, 6.07) is 5.01. The number of hydrogen-bond acceptors (Lipinski definition) is 4. The van der Waals surface area contributed by atoms with Crippen LogP contribution in [-0.2, 0) is 21.4 Å². The summed E-state index contributed by atoms with van der Waals surface area (Å²) in [4.78, 5) is 0.193. The molecular formula is C12H16BrN3O2S2. The van der Waals surface area contributed by atoms with Crippen molar-refractivity contribution in [1.82, 2.24) is 4.72 Å². The molecule has 1 aliphatic rings. The molecule has 1 aliphatic heterocycles. The van der Waals surface area contributed by atoms with Gasteiger partial charge in [-0.1, -0.05) is 28.9 Å². The van der Waals surface area contributed by atoms with E-state index in [0.29, 0.717) is 24.2 Å². The Kier molecular flexibility index (Phi) is 4.78. The summed E-state index contributed by atoms with van der Waals surface area (Å²) < 4.78 is 36.2. The Labute approximate surface area is 131 Å². The van der Waals surface area contributed by atoms with Crippen LogP contribution in [0, 0.1) is 0 Å². The Hall–Kier alpha value is -0.570. The van der Waals surface area contributed by atoms with Crippen molar-refractivity contribution >= 4 is 48.7 Å². The van der Waals surface area contributed by atoms with Crippen molar-refractivity contribution in [1.29, 1.82) is 0 Å². The maximum atomic E-state index is 12.6. The Balaban J connectivity index is 2.38. The van der Waals surface area contributed by atoms with E-state index in [4.69, 9.17) is 0 Å². The van der Waals surface area contributed by atoms with Gasteiger partial charge in [-0.3, -0.25) is 0 Å². The maximum Gasteiger partial charge on any atom is 0.243 e. The van der Waals surface area contributed by atoms with E-state index in [1.165, 1.54) is 0 Å². The average Bonchev–Trinajstić information content (AvgIpc) is 2.86. The topological polar surface area (TPSA) is 70.9 Å². The van der Waals surface area contributed by atoms with E-state index in [1.54, 1.807) is 18.2 Å². The van der Waals surface area contributed by atoms with E-state index in [9.17, 15) is 8.42 Å². The van der Waals surface area contributed by atoms with Gasteiger partial charge in [0.1, 0.15) is 16.3 Å². The minimum atomic E-state index is -3.62. The Morgan fingerprint density at radius 1 is 1.40 bits per heavy atom. The summed E-state index contributed by atoms with van der Waals surface area (Å²) in [6.45, 7) is 3.88. The second kappa shape index (κ2) is 6.05. The van der Waals surface area contributed by atoms with Gasteiger partial charge in [0.15, 0.2) is 0 Å². The summed E-state index contributed by atoms with van der Waals surface area (Å²) >= 11 is 4.39. The van der Waals surface area contributed by atoms with Crippen LogP contribution >= 0.6 is 15.9 Å². The van der Waals surface area contributed by atoms with Crippen LogP contribution in [0.15, 0.2) is 31.8 Å². The van der Waals surface area contributed by atoms with Crippen molar-refractivity contribution in [3.05, 3.63) is 18.2 Å². The molecule has 5 nitrogen and oxygen atoms in total. The molecule has 0 saturated carbocycles. The predicted octanol–water partition coefficient (Wildman–Crippen LogP) is 3.65. The number of sulfonamides is 1. The highest BCUT2D eigenvalue weighted by molar-refractivity contribution is 9.09. The van der Waals surface area contributed by atoms with Gasteiger partial charge >= 0.3 is 0 Å². The molecule has 1 atom stereocenters. The first-order valence-electron chi connectivity index (χ1n) is 6.23. The molecule has 2 rings (SSSR count). The number of rotatable bonds is 6. The number of fused-ring (bicyclic) bond motifs is 1. The molecule has 0 spiro atoms. The van der Waals surface area contributed by atoms with E-state index in [2.05, 4.69) is 29.4 Å². The van der Waals surface area contributed by atoms with E-state index < -0.39 is 15.6 Å². The smallest absolute Gasteiger partial charge is 0.207 e. The number of nitrogens with one attached hydrogen (secondary N) is 1. The Morgan fingerprint density at radius 2 is 2.15 bits per heavy atom. The van der Waals surface area contributed by atoms with Gasteiger partial charge in [-0.15, -0.1) is 0 Å². The summed E-state index contributed by atoms with van der Waals surface area (Å²) in [5, 5.41) is 0.738. The third-order valence-electron chi connectivity index (χ3n) is 3.35. The lowest BCUT2D eigenvalue weighted by molar-refractivity contribution is 0.392. The van der Waals surface area contributed by atoms with Crippen LogP contribution < -0.4 is 4.72 Å². The van der Waals surface area contributed by atoms with Crippen molar-refractivity contribution in [2.24, 2.45) is 8.73 Å². The first-order valence-corrected chi connectivity index (χ1v) is 9.56. The summed E-state index contributed by atoms with van der Waals surface area (Å²) in [5.74, 6) is 0. The molecule has 1 aromatic rings. The molecule has 1 N–H and O–H groups in total. The van der Waals surface area contributed by atoms with Crippen molar-refractivity contribution in [3.8, 4) is 0 Å². The van der Waals surface area contributed by atoms with Gasteiger partial charge in [0.05, 0.1) is 11.4 Å². The SMILES string of the molecule is CCC(C)(CCBr)NS(=O)(=O)c1cccc2c1N=S=N2. The van der Waals surface area contributed by atoms with Crippen LogP contribution in [0.4, 0.5) is 11.4 Å². The monoisotopic (exact) mass is 377 g/mol. The summed E-state index contributed by atoms with van der Waals surface area (Å²) in [5.41, 5.74) is 0.562. The fraction of sp³-hybridized carbons (Fsp3) is 0.500. The predicted molar refractivity (Wildman–Crippen MR) is 85.4 cm³/mol. The normalized spacial score (nSPS) is 16.6. The van der Waals surface area contributed by atoms with Crippen molar-refractivity contribution in [2.75, 3.05) is 5.33 Å². The number of benzene rings is 1. The lowest BCUT2D eigenvalue weighted by Gasteiger charge is -2.28. The molecule has 1 unspecified atom stereocenters. The molecular weight excluding hydrogens is 362 g/mol. The van der Waals surface area contributed by atoms with Crippen molar-refractivity contribution < 1.29 is 8.42 Å². The number of halogens is 1. The zero-order chi connectivity index (χ0) is 14.8. The highest BCUT2D eigenvalue weighted by Crippen LogP contribution is 2.37. The lowest BCUT2D eigenvalue weighted by Crippen LogP contribution is -2.45. The zero-order valence-electron chi connectivity index (χ0n) is 11.3. The van der Waals surface area contributed by atoms with E-state index >= 15 is 0 Å². The van der Waals surface area contributed by atoms with Gasteiger partial charge in [-0.2, -0.15) is 8.73 Å². The molecule has 110 valence electrons. The first-order chi connectivity index (χ1) is 9.42. The zero-order valence-corrected chi connectivity index (χ0v) is 14.5. The minimum Gasteiger partial charge on any atom is -0.207 e. The Bertz CT molecular complexity index is 684. The fourth-order valence-electron chi connectivity index (χ4n) is 1.89. The molecule has 0 radical (unpaired) electrons. The first kappa shape index (κ1) is 15.8. The maximum absolute atomic E-state index is 12.6. The average molecular weight is 378 g/mol. The summed E-state index contributed by atoms with van der Waals surface area (Å²) in [6.07, 6.45) is 1.43. The van der Waals surface area contributed by atoms with Crippen LogP contribution in [0.3, 0.4) is 0 Å². The second-order valence-electron chi connectivity index (χ2n) is 4.85. The minimum absolute atomic E-state index is 0.193. The van der Waals surface area contributed by atoms with Gasteiger partial charge in [-0.25, -0.2) is 13.1 Å². The lowest BCUT2D eigenvalue weighted by atomic mass is 9.98. The standard InChI is InChI=1S/C12H16BrN3O2S2/c1-3-12(2,7-8-13)16-20(17,18)10-6-4-5-9-11(10)15-19-14-9/h4-6,16H,3,7-8H2,1-2H3. The number of nitrogens with zero attached hydrogens (tertiary/aromatic N) is 2. The van der Waals surface area contributed by atoms with Gasteiger partial charge in [0.2, 0.25) is 10.0 Å². The van der Waals surface area contributed by atoms with Gasteiger partial charge < -0.3 is 0 Å². The van der Waals surface area contributed by atoms with Crippen molar-refractivity contribution in [2.45, 2.75) is 37.1 Å². The van der Waals surface area contributed by atoms with Crippen LogP contribution in [0.5, 0.6) is 0 Å². The highest BCUT2D eigenvalue weighted by Gasteiger charge is 2.31. The molecule has 20 heavy (non-hydrogen) atoms. The van der Waals surface area contributed by atoms with Gasteiger partial charge in [0.25, 0.3) is 0 Å². The molecule has 0 bridgehead atoms. The van der Waals surface area contributed by atoms with E-state index in [1.807, 2.05) is 13.8 Å². The highest BCUT2D eigenvalue weighted by atomic mass is 79.9. The summed E-state index contributed by atoms with van der Waals surface area (Å²) in [7, 11) is -3.62. The molecule has 1 aromatic carbocycles.